The average molecular weight is 305 g/mol. The Morgan fingerprint density at radius 2 is 1.73 bits per heavy atom. The molecule has 122 valence electrons. The van der Waals surface area contributed by atoms with Gasteiger partial charge in [-0.1, -0.05) is 44.2 Å². The Morgan fingerprint density at radius 3 is 2.32 bits per heavy atom. The maximum Gasteiger partial charge on any atom is 0.278 e. The lowest BCUT2D eigenvalue weighted by molar-refractivity contribution is -1.02. The van der Waals surface area contributed by atoms with Crippen LogP contribution in [0.5, 0.6) is 0 Å². The molecule has 0 saturated carbocycles. The predicted octanol–water partition coefficient (Wildman–Crippen LogP) is -0.869. The molecule has 0 radical (unpaired) electrons. The Hall–Kier alpha value is -1.39. The van der Waals surface area contributed by atoms with Crippen LogP contribution in [0.25, 0.3) is 0 Å². The van der Waals surface area contributed by atoms with E-state index in [1.54, 1.807) is 4.90 Å². The SMILES string of the molecule is CC(C)CNC(=O)[C@H](C)[NH+]1CC[NH+](Cc2ccccc2)CC1. The second-order valence-corrected chi connectivity index (χ2v) is 6.93. The molecule has 0 aliphatic carbocycles. The highest BCUT2D eigenvalue weighted by molar-refractivity contribution is 5.79. The van der Waals surface area contributed by atoms with Crippen LogP contribution in [0.4, 0.5) is 0 Å². The molecule has 1 aliphatic heterocycles. The van der Waals surface area contributed by atoms with Crippen molar-refractivity contribution in [3.05, 3.63) is 35.9 Å². The van der Waals surface area contributed by atoms with E-state index in [1.165, 1.54) is 10.5 Å². The zero-order chi connectivity index (χ0) is 15.9. The highest BCUT2D eigenvalue weighted by Gasteiger charge is 2.30. The Labute approximate surface area is 134 Å². The molecule has 1 aliphatic rings. The van der Waals surface area contributed by atoms with E-state index in [2.05, 4.69) is 56.4 Å². The van der Waals surface area contributed by atoms with Crippen molar-refractivity contribution >= 4 is 5.91 Å². The molecule has 1 amide bonds. The van der Waals surface area contributed by atoms with Crippen molar-refractivity contribution in [2.45, 2.75) is 33.4 Å². The van der Waals surface area contributed by atoms with Gasteiger partial charge in [0, 0.05) is 12.1 Å². The number of piperazine rings is 1. The smallest absolute Gasteiger partial charge is 0.278 e. The number of hydrogen-bond acceptors (Lipinski definition) is 1. The van der Waals surface area contributed by atoms with E-state index in [0.29, 0.717) is 5.92 Å². The summed E-state index contributed by atoms with van der Waals surface area (Å²) in [5.74, 6) is 0.716. The van der Waals surface area contributed by atoms with E-state index in [-0.39, 0.29) is 11.9 Å². The summed E-state index contributed by atoms with van der Waals surface area (Å²) >= 11 is 0. The van der Waals surface area contributed by atoms with Gasteiger partial charge in [0.05, 0.1) is 0 Å². The Bertz CT molecular complexity index is 453. The van der Waals surface area contributed by atoms with Crippen LogP contribution < -0.4 is 15.1 Å². The van der Waals surface area contributed by atoms with Gasteiger partial charge in [-0.15, -0.1) is 0 Å². The summed E-state index contributed by atoms with van der Waals surface area (Å²) in [6.45, 7) is 12.7. The third kappa shape index (κ3) is 5.11. The number of carbonyl (C=O) groups is 1. The number of quaternary nitrogens is 2. The molecule has 0 spiro atoms. The molecule has 1 aromatic carbocycles. The molecule has 1 fully saturated rings. The Morgan fingerprint density at radius 1 is 1.09 bits per heavy atom. The van der Waals surface area contributed by atoms with Crippen LogP contribution >= 0.6 is 0 Å². The maximum absolute atomic E-state index is 12.2. The first kappa shape index (κ1) is 17.0. The van der Waals surface area contributed by atoms with Gasteiger partial charge in [-0.25, -0.2) is 0 Å². The topological polar surface area (TPSA) is 38.0 Å². The van der Waals surface area contributed by atoms with E-state index in [4.69, 9.17) is 0 Å². The van der Waals surface area contributed by atoms with Crippen molar-refractivity contribution < 1.29 is 14.6 Å². The molecule has 1 atom stereocenters. The molecular weight excluding hydrogens is 274 g/mol. The zero-order valence-electron chi connectivity index (χ0n) is 14.2. The summed E-state index contributed by atoms with van der Waals surface area (Å²) in [7, 11) is 0. The van der Waals surface area contributed by atoms with E-state index in [1.807, 2.05) is 0 Å². The van der Waals surface area contributed by atoms with Crippen molar-refractivity contribution in [1.82, 2.24) is 5.32 Å². The van der Waals surface area contributed by atoms with Crippen LogP contribution in [0, 0.1) is 5.92 Å². The van der Waals surface area contributed by atoms with Crippen LogP contribution in [0.1, 0.15) is 26.3 Å². The second kappa shape index (κ2) is 8.30. The molecule has 1 heterocycles. The molecule has 0 bridgehead atoms. The van der Waals surface area contributed by atoms with Crippen molar-refractivity contribution in [1.29, 1.82) is 0 Å². The van der Waals surface area contributed by atoms with Crippen LogP contribution in [0.15, 0.2) is 30.3 Å². The van der Waals surface area contributed by atoms with Gasteiger partial charge in [0.25, 0.3) is 5.91 Å². The molecule has 4 heteroatoms. The molecule has 1 aromatic rings. The minimum atomic E-state index is 0.0667. The van der Waals surface area contributed by atoms with Gasteiger partial charge in [0.1, 0.15) is 32.7 Å². The standard InChI is InChI=1S/C18H29N3O/c1-15(2)13-19-18(22)16(3)21-11-9-20(10-12-21)14-17-7-5-4-6-8-17/h4-8,15-16H,9-14H2,1-3H3,(H,19,22)/p+2/t16-/m0/s1. The van der Waals surface area contributed by atoms with Gasteiger partial charge in [-0.2, -0.15) is 0 Å². The lowest BCUT2D eigenvalue weighted by Gasteiger charge is -2.32. The number of amides is 1. The molecule has 0 unspecified atom stereocenters. The van der Waals surface area contributed by atoms with Gasteiger partial charge in [0.15, 0.2) is 6.04 Å². The molecule has 22 heavy (non-hydrogen) atoms. The summed E-state index contributed by atoms with van der Waals surface area (Å²) in [6.07, 6.45) is 0. The first-order valence-corrected chi connectivity index (χ1v) is 8.56. The summed E-state index contributed by atoms with van der Waals surface area (Å²) in [5.41, 5.74) is 1.41. The molecular formula is C18H31N3O+2. The quantitative estimate of drug-likeness (QED) is 0.628. The van der Waals surface area contributed by atoms with Gasteiger partial charge >= 0.3 is 0 Å². The normalized spacial score (nSPS) is 23.3. The molecule has 2 rings (SSSR count). The fourth-order valence-electron chi connectivity index (χ4n) is 3.06. The molecule has 3 N–H and O–H groups in total. The zero-order valence-corrected chi connectivity index (χ0v) is 14.2. The Kier molecular flexibility index (Phi) is 6.40. The summed E-state index contributed by atoms with van der Waals surface area (Å²) in [6, 6.07) is 10.8. The first-order chi connectivity index (χ1) is 10.6. The molecule has 1 saturated heterocycles. The minimum Gasteiger partial charge on any atom is -0.351 e. The maximum atomic E-state index is 12.2. The molecule has 4 nitrogen and oxygen atoms in total. The fraction of sp³-hybridized carbons (Fsp3) is 0.611. The number of benzene rings is 1. The number of nitrogens with one attached hydrogen (secondary N) is 3. The predicted molar refractivity (Wildman–Crippen MR) is 88.8 cm³/mol. The highest BCUT2D eigenvalue weighted by atomic mass is 16.2. The van der Waals surface area contributed by atoms with E-state index in [9.17, 15) is 4.79 Å². The third-order valence-electron chi connectivity index (χ3n) is 4.59. The van der Waals surface area contributed by atoms with E-state index >= 15 is 0 Å². The van der Waals surface area contributed by atoms with Crippen molar-refractivity contribution in [2.75, 3.05) is 32.7 Å². The second-order valence-electron chi connectivity index (χ2n) is 6.93. The van der Waals surface area contributed by atoms with Gasteiger partial charge in [-0.05, 0) is 12.8 Å². The average Bonchev–Trinajstić information content (AvgIpc) is 2.53. The van der Waals surface area contributed by atoms with Crippen LogP contribution in [0.3, 0.4) is 0 Å². The lowest BCUT2D eigenvalue weighted by Crippen LogP contribution is -3.29. The summed E-state index contributed by atoms with van der Waals surface area (Å²) < 4.78 is 0. The van der Waals surface area contributed by atoms with Gasteiger partial charge in [0.2, 0.25) is 0 Å². The summed E-state index contributed by atoms with van der Waals surface area (Å²) in [5, 5.41) is 3.06. The molecule has 0 aromatic heterocycles. The fourth-order valence-corrected chi connectivity index (χ4v) is 3.06. The van der Waals surface area contributed by atoms with E-state index in [0.717, 1.165) is 39.3 Å². The number of rotatable bonds is 6. The third-order valence-corrected chi connectivity index (χ3v) is 4.59. The monoisotopic (exact) mass is 305 g/mol. The van der Waals surface area contributed by atoms with Crippen LogP contribution in [-0.4, -0.2) is 44.7 Å². The lowest BCUT2D eigenvalue weighted by atomic mass is 10.1. The first-order valence-electron chi connectivity index (χ1n) is 8.56. The minimum absolute atomic E-state index is 0.0667. The largest absolute Gasteiger partial charge is 0.351 e. The van der Waals surface area contributed by atoms with Crippen LogP contribution in [0.2, 0.25) is 0 Å². The Balaban J connectivity index is 1.75. The van der Waals surface area contributed by atoms with Crippen molar-refractivity contribution in [3.8, 4) is 0 Å². The summed E-state index contributed by atoms with van der Waals surface area (Å²) in [4.78, 5) is 15.2. The van der Waals surface area contributed by atoms with Gasteiger partial charge < -0.3 is 15.1 Å². The number of carbonyl (C=O) groups excluding carboxylic acids is 1. The van der Waals surface area contributed by atoms with Gasteiger partial charge in [-0.3, -0.25) is 4.79 Å². The van der Waals surface area contributed by atoms with Crippen molar-refractivity contribution in [2.24, 2.45) is 5.92 Å². The van der Waals surface area contributed by atoms with E-state index < -0.39 is 0 Å². The highest BCUT2D eigenvalue weighted by Crippen LogP contribution is 1.95. The van der Waals surface area contributed by atoms with Crippen molar-refractivity contribution in [3.63, 3.8) is 0 Å². The van der Waals surface area contributed by atoms with Crippen LogP contribution in [-0.2, 0) is 11.3 Å². The number of hydrogen-bond donors (Lipinski definition) is 3.